The van der Waals surface area contributed by atoms with Crippen molar-refractivity contribution in [2.24, 2.45) is 0 Å². The third-order valence-corrected chi connectivity index (χ3v) is 2.87. The fraction of sp³-hybridized carbons (Fsp3) is 0. The number of hydrogen-bond acceptors (Lipinski definition) is 2. The SMILES string of the molecule is Cl.O=S(=O)(O)c1ccc2ccccc2c1. The fourth-order valence-electron chi connectivity index (χ4n) is 1.33. The molecule has 80 valence electrons. The predicted molar refractivity (Wildman–Crippen MR) is 61.0 cm³/mol. The van der Waals surface area contributed by atoms with Crippen LogP contribution >= 0.6 is 12.4 Å². The average Bonchev–Trinajstić information content (AvgIpc) is 2.16. The molecule has 2 aromatic rings. The van der Waals surface area contributed by atoms with Gasteiger partial charge in [0.05, 0.1) is 4.90 Å². The van der Waals surface area contributed by atoms with Crippen molar-refractivity contribution in [1.82, 2.24) is 0 Å². The molecule has 2 aromatic carbocycles. The first-order valence-corrected chi connectivity index (χ1v) is 5.48. The van der Waals surface area contributed by atoms with Crippen molar-refractivity contribution in [3.63, 3.8) is 0 Å². The minimum Gasteiger partial charge on any atom is -0.282 e. The Morgan fingerprint density at radius 2 is 1.53 bits per heavy atom. The molecule has 0 unspecified atom stereocenters. The highest BCUT2D eigenvalue weighted by molar-refractivity contribution is 7.85. The third kappa shape index (κ3) is 2.47. The van der Waals surface area contributed by atoms with Crippen LogP contribution in [0.15, 0.2) is 47.4 Å². The lowest BCUT2D eigenvalue weighted by Gasteiger charge is -1.99. The van der Waals surface area contributed by atoms with E-state index in [0.29, 0.717) is 0 Å². The summed E-state index contributed by atoms with van der Waals surface area (Å²) in [4.78, 5) is -0.0730. The molecule has 0 aliphatic rings. The van der Waals surface area contributed by atoms with Crippen LogP contribution in [0.25, 0.3) is 10.8 Å². The number of hydrogen-bond donors (Lipinski definition) is 1. The second-order valence-electron chi connectivity index (χ2n) is 2.98. The van der Waals surface area contributed by atoms with Gasteiger partial charge in [-0.05, 0) is 22.9 Å². The minimum atomic E-state index is -4.09. The molecular weight excluding hydrogens is 236 g/mol. The van der Waals surface area contributed by atoms with Gasteiger partial charge in [-0.25, -0.2) is 0 Å². The summed E-state index contributed by atoms with van der Waals surface area (Å²) in [5, 5.41) is 1.74. The summed E-state index contributed by atoms with van der Waals surface area (Å²) in [5.74, 6) is 0. The number of benzene rings is 2. The Labute approximate surface area is 93.9 Å². The van der Waals surface area contributed by atoms with Crippen molar-refractivity contribution in [2.45, 2.75) is 4.90 Å². The van der Waals surface area contributed by atoms with Crippen molar-refractivity contribution in [2.75, 3.05) is 0 Å². The summed E-state index contributed by atoms with van der Waals surface area (Å²) in [7, 11) is -4.09. The molecule has 3 nitrogen and oxygen atoms in total. The molecule has 0 amide bonds. The lowest BCUT2D eigenvalue weighted by atomic mass is 10.1. The second-order valence-corrected chi connectivity index (χ2v) is 4.41. The molecule has 0 fully saturated rings. The van der Waals surface area contributed by atoms with E-state index < -0.39 is 10.1 Å². The zero-order valence-electron chi connectivity index (χ0n) is 7.62. The third-order valence-electron chi connectivity index (χ3n) is 2.02. The molecule has 0 aliphatic heterocycles. The summed E-state index contributed by atoms with van der Waals surface area (Å²) in [5.41, 5.74) is 0. The van der Waals surface area contributed by atoms with Crippen molar-refractivity contribution in [3.8, 4) is 0 Å². The van der Waals surface area contributed by atoms with Crippen LogP contribution < -0.4 is 0 Å². The van der Waals surface area contributed by atoms with Crippen molar-refractivity contribution >= 4 is 33.3 Å². The molecule has 2 rings (SSSR count). The Morgan fingerprint density at radius 3 is 2.13 bits per heavy atom. The van der Waals surface area contributed by atoms with Gasteiger partial charge in [-0.15, -0.1) is 12.4 Å². The lowest BCUT2D eigenvalue weighted by molar-refractivity contribution is 0.483. The summed E-state index contributed by atoms with van der Waals surface area (Å²) in [6.45, 7) is 0. The highest BCUT2D eigenvalue weighted by Crippen LogP contribution is 2.18. The van der Waals surface area contributed by atoms with Gasteiger partial charge in [0.2, 0.25) is 0 Å². The van der Waals surface area contributed by atoms with Crippen LogP contribution in [0.2, 0.25) is 0 Å². The monoisotopic (exact) mass is 244 g/mol. The smallest absolute Gasteiger partial charge is 0.282 e. The molecule has 15 heavy (non-hydrogen) atoms. The predicted octanol–water partition coefficient (Wildman–Crippen LogP) is 2.51. The fourth-order valence-corrected chi connectivity index (χ4v) is 1.84. The van der Waals surface area contributed by atoms with Gasteiger partial charge in [0.25, 0.3) is 10.1 Å². The van der Waals surface area contributed by atoms with Crippen LogP contribution in [0.1, 0.15) is 0 Å². The topological polar surface area (TPSA) is 54.4 Å². The van der Waals surface area contributed by atoms with Crippen molar-refractivity contribution in [1.29, 1.82) is 0 Å². The van der Waals surface area contributed by atoms with E-state index in [9.17, 15) is 8.42 Å². The molecule has 1 N–H and O–H groups in total. The highest BCUT2D eigenvalue weighted by atomic mass is 35.5. The Bertz CT molecular complexity index is 578. The van der Waals surface area contributed by atoms with E-state index >= 15 is 0 Å². The van der Waals surface area contributed by atoms with Gasteiger partial charge in [-0.2, -0.15) is 8.42 Å². The Kier molecular flexibility index (Phi) is 3.34. The van der Waals surface area contributed by atoms with E-state index in [-0.39, 0.29) is 17.3 Å². The highest BCUT2D eigenvalue weighted by Gasteiger charge is 2.08. The van der Waals surface area contributed by atoms with Crippen LogP contribution in [-0.4, -0.2) is 13.0 Å². The molecule has 0 atom stereocenters. The zero-order chi connectivity index (χ0) is 10.2. The van der Waals surface area contributed by atoms with E-state index in [4.69, 9.17) is 4.55 Å². The maximum absolute atomic E-state index is 10.8. The summed E-state index contributed by atoms with van der Waals surface area (Å²) in [6, 6.07) is 11.9. The maximum atomic E-state index is 10.8. The first-order valence-electron chi connectivity index (χ1n) is 4.04. The van der Waals surface area contributed by atoms with E-state index in [0.717, 1.165) is 10.8 Å². The zero-order valence-corrected chi connectivity index (χ0v) is 9.25. The molecule has 0 saturated heterocycles. The molecule has 5 heteroatoms. The molecule has 0 bridgehead atoms. The van der Waals surface area contributed by atoms with Gasteiger partial charge in [0, 0.05) is 0 Å². The Hall–Kier alpha value is -1.10. The normalized spacial score (nSPS) is 11.0. The first-order chi connectivity index (χ1) is 6.57. The summed E-state index contributed by atoms with van der Waals surface area (Å²) < 4.78 is 30.5. The molecule has 0 aliphatic carbocycles. The second kappa shape index (κ2) is 4.18. The van der Waals surface area contributed by atoms with Gasteiger partial charge in [0.1, 0.15) is 0 Å². The van der Waals surface area contributed by atoms with Crippen molar-refractivity contribution in [3.05, 3.63) is 42.5 Å². The minimum absolute atomic E-state index is 0. The quantitative estimate of drug-likeness (QED) is 0.785. The Morgan fingerprint density at radius 1 is 0.933 bits per heavy atom. The largest absolute Gasteiger partial charge is 0.294 e. The van der Waals surface area contributed by atoms with E-state index in [2.05, 4.69) is 0 Å². The first kappa shape index (κ1) is 12.0. The van der Waals surface area contributed by atoms with Gasteiger partial charge in [0.15, 0.2) is 0 Å². The Balaban J connectivity index is 0.00000112. The van der Waals surface area contributed by atoms with E-state index in [1.807, 2.05) is 18.2 Å². The number of halogens is 1. The molecular formula is C10H9ClO3S. The van der Waals surface area contributed by atoms with Crippen molar-refractivity contribution < 1.29 is 13.0 Å². The average molecular weight is 245 g/mol. The van der Waals surface area contributed by atoms with Crippen LogP contribution in [-0.2, 0) is 10.1 Å². The van der Waals surface area contributed by atoms with Crippen LogP contribution in [0.4, 0.5) is 0 Å². The van der Waals surface area contributed by atoms with Crippen LogP contribution in [0.3, 0.4) is 0 Å². The number of fused-ring (bicyclic) bond motifs is 1. The van der Waals surface area contributed by atoms with Gasteiger partial charge in [-0.3, -0.25) is 4.55 Å². The van der Waals surface area contributed by atoms with Gasteiger partial charge >= 0.3 is 0 Å². The summed E-state index contributed by atoms with van der Waals surface area (Å²) in [6.07, 6.45) is 0. The molecule has 0 aromatic heterocycles. The molecule has 0 radical (unpaired) electrons. The van der Waals surface area contributed by atoms with Crippen LogP contribution in [0.5, 0.6) is 0 Å². The van der Waals surface area contributed by atoms with E-state index in [1.165, 1.54) is 12.1 Å². The standard InChI is InChI=1S/C10H8O3S.ClH/c11-14(12,13)10-6-5-8-3-1-2-4-9(8)7-10;/h1-7H,(H,11,12,13);1H. The molecule has 0 saturated carbocycles. The molecule has 0 spiro atoms. The van der Waals surface area contributed by atoms with Crippen LogP contribution in [0, 0.1) is 0 Å². The van der Waals surface area contributed by atoms with Gasteiger partial charge < -0.3 is 0 Å². The summed E-state index contributed by atoms with van der Waals surface area (Å²) >= 11 is 0. The molecule has 0 heterocycles. The number of rotatable bonds is 1. The van der Waals surface area contributed by atoms with Gasteiger partial charge in [-0.1, -0.05) is 30.3 Å². The van der Waals surface area contributed by atoms with E-state index in [1.54, 1.807) is 12.1 Å². The maximum Gasteiger partial charge on any atom is 0.294 e. The lowest BCUT2D eigenvalue weighted by Crippen LogP contribution is -1.97.